The first kappa shape index (κ1) is 16.5. The Morgan fingerprint density at radius 1 is 1.29 bits per heavy atom. The van der Waals surface area contributed by atoms with Gasteiger partial charge < -0.3 is 10.2 Å². The molecule has 0 spiro atoms. The van der Waals surface area contributed by atoms with Gasteiger partial charge in [-0.2, -0.15) is 0 Å². The number of carbonyl (C=O) groups is 2. The first-order valence-electron chi connectivity index (χ1n) is 7.69. The highest BCUT2D eigenvalue weighted by molar-refractivity contribution is 7.15. The molecule has 24 heavy (non-hydrogen) atoms. The molecular weight excluding hydrogens is 331 g/mol. The van der Waals surface area contributed by atoms with Gasteiger partial charge in [0.05, 0.1) is 0 Å². The maximum atomic E-state index is 13.2. The lowest BCUT2D eigenvalue weighted by molar-refractivity contribution is -0.121. The summed E-state index contributed by atoms with van der Waals surface area (Å²) < 4.78 is 13.2. The van der Waals surface area contributed by atoms with E-state index in [-0.39, 0.29) is 17.7 Å². The Balaban J connectivity index is 1.55. The van der Waals surface area contributed by atoms with Crippen LogP contribution in [0.15, 0.2) is 24.3 Å². The van der Waals surface area contributed by atoms with E-state index in [0.29, 0.717) is 36.6 Å². The average molecular weight is 348 g/mol. The van der Waals surface area contributed by atoms with Gasteiger partial charge in [0.1, 0.15) is 10.8 Å². The smallest absolute Gasteiger partial charge is 0.253 e. The van der Waals surface area contributed by atoms with Crippen LogP contribution in [0, 0.1) is 18.7 Å². The molecule has 1 aromatic heterocycles. The van der Waals surface area contributed by atoms with Crippen LogP contribution in [0.1, 0.15) is 28.2 Å². The van der Waals surface area contributed by atoms with Gasteiger partial charge in [0.15, 0.2) is 0 Å². The molecule has 3 rings (SSSR count). The summed E-state index contributed by atoms with van der Waals surface area (Å²) in [4.78, 5) is 26.3. The Morgan fingerprint density at radius 2 is 2.04 bits per heavy atom. The van der Waals surface area contributed by atoms with Crippen molar-refractivity contribution in [2.45, 2.75) is 19.8 Å². The molecule has 0 saturated carbocycles. The Kier molecular flexibility index (Phi) is 4.84. The predicted molar refractivity (Wildman–Crippen MR) is 88.3 cm³/mol. The van der Waals surface area contributed by atoms with Gasteiger partial charge in [-0.05, 0) is 38.0 Å². The van der Waals surface area contributed by atoms with Gasteiger partial charge in [-0.15, -0.1) is 10.2 Å². The monoisotopic (exact) mass is 348 g/mol. The van der Waals surface area contributed by atoms with Crippen molar-refractivity contribution in [3.63, 3.8) is 0 Å². The van der Waals surface area contributed by atoms with Gasteiger partial charge in [0.2, 0.25) is 11.0 Å². The molecule has 1 saturated heterocycles. The van der Waals surface area contributed by atoms with E-state index >= 15 is 0 Å². The number of halogens is 1. The van der Waals surface area contributed by atoms with E-state index in [1.165, 1.54) is 29.5 Å². The summed E-state index contributed by atoms with van der Waals surface area (Å²) in [6.45, 7) is 2.77. The second-order valence-corrected chi connectivity index (χ2v) is 6.87. The molecule has 1 aliphatic heterocycles. The van der Waals surface area contributed by atoms with Crippen molar-refractivity contribution in [3.05, 3.63) is 40.7 Å². The number of benzene rings is 1. The molecule has 8 heteroatoms. The number of hydrogen-bond donors (Lipinski definition) is 1. The number of nitrogens with zero attached hydrogens (tertiary/aromatic N) is 3. The van der Waals surface area contributed by atoms with Crippen LogP contribution in [-0.4, -0.2) is 40.0 Å². The molecule has 1 aliphatic rings. The average Bonchev–Trinajstić information content (AvgIpc) is 2.99. The highest BCUT2D eigenvalue weighted by Gasteiger charge is 2.28. The van der Waals surface area contributed by atoms with Crippen molar-refractivity contribution in [3.8, 4) is 0 Å². The maximum absolute atomic E-state index is 13.2. The van der Waals surface area contributed by atoms with Crippen LogP contribution in [0.4, 0.5) is 9.52 Å². The molecule has 0 atom stereocenters. The molecule has 1 aromatic carbocycles. The molecule has 0 unspecified atom stereocenters. The fourth-order valence-electron chi connectivity index (χ4n) is 2.70. The van der Waals surface area contributed by atoms with E-state index < -0.39 is 5.82 Å². The van der Waals surface area contributed by atoms with Crippen LogP contribution in [0.5, 0.6) is 0 Å². The SMILES string of the molecule is Cc1nnc(NC(=O)C2CCN(C(=O)c3cccc(F)c3)CC2)s1. The van der Waals surface area contributed by atoms with Gasteiger partial charge in [-0.25, -0.2) is 4.39 Å². The first-order valence-corrected chi connectivity index (χ1v) is 8.50. The molecule has 6 nitrogen and oxygen atoms in total. The fraction of sp³-hybridized carbons (Fsp3) is 0.375. The van der Waals surface area contributed by atoms with Crippen LogP contribution in [-0.2, 0) is 4.79 Å². The van der Waals surface area contributed by atoms with E-state index in [4.69, 9.17) is 0 Å². The van der Waals surface area contributed by atoms with Gasteiger partial charge in [0, 0.05) is 24.6 Å². The summed E-state index contributed by atoms with van der Waals surface area (Å²) in [7, 11) is 0. The summed E-state index contributed by atoms with van der Waals surface area (Å²) in [6.07, 6.45) is 1.15. The van der Waals surface area contributed by atoms with Crippen molar-refractivity contribution < 1.29 is 14.0 Å². The topological polar surface area (TPSA) is 75.2 Å². The minimum absolute atomic E-state index is 0.0935. The van der Waals surface area contributed by atoms with Crippen molar-refractivity contribution in [2.24, 2.45) is 5.92 Å². The van der Waals surface area contributed by atoms with E-state index in [0.717, 1.165) is 5.01 Å². The summed E-state index contributed by atoms with van der Waals surface area (Å²) in [5.41, 5.74) is 0.335. The Labute approximate surface area is 142 Å². The Bertz CT molecular complexity index is 756. The number of rotatable bonds is 3. The highest BCUT2D eigenvalue weighted by Crippen LogP contribution is 2.22. The zero-order valence-corrected chi connectivity index (χ0v) is 14.0. The van der Waals surface area contributed by atoms with Crippen LogP contribution >= 0.6 is 11.3 Å². The second kappa shape index (κ2) is 7.04. The van der Waals surface area contributed by atoms with Gasteiger partial charge in [0.25, 0.3) is 5.91 Å². The summed E-state index contributed by atoms with van der Waals surface area (Å²) in [5, 5.41) is 11.8. The lowest BCUT2D eigenvalue weighted by Gasteiger charge is -2.31. The third-order valence-electron chi connectivity index (χ3n) is 3.98. The lowest BCUT2D eigenvalue weighted by Crippen LogP contribution is -2.41. The van der Waals surface area contributed by atoms with Crippen LogP contribution in [0.3, 0.4) is 0 Å². The standard InChI is InChI=1S/C16H17FN4O2S/c1-10-19-20-16(24-10)18-14(22)11-5-7-21(8-6-11)15(23)12-3-2-4-13(17)9-12/h2-4,9,11H,5-8H2,1H3,(H,18,20,22). The van der Waals surface area contributed by atoms with Gasteiger partial charge >= 0.3 is 0 Å². The zero-order chi connectivity index (χ0) is 17.1. The van der Waals surface area contributed by atoms with Gasteiger partial charge in [-0.3, -0.25) is 9.59 Å². The maximum Gasteiger partial charge on any atom is 0.253 e. The lowest BCUT2D eigenvalue weighted by atomic mass is 9.95. The second-order valence-electron chi connectivity index (χ2n) is 5.69. The highest BCUT2D eigenvalue weighted by atomic mass is 32.1. The molecular formula is C16H17FN4O2S. The van der Waals surface area contributed by atoms with E-state index in [9.17, 15) is 14.0 Å². The van der Waals surface area contributed by atoms with Crippen molar-refractivity contribution >= 4 is 28.3 Å². The predicted octanol–water partition coefficient (Wildman–Crippen LogP) is 2.48. The Morgan fingerprint density at radius 3 is 2.67 bits per heavy atom. The first-order chi connectivity index (χ1) is 11.5. The van der Waals surface area contributed by atoms with Crippen LogP contribution in [0.25, 0.3) is 0 Å². The molecule has 0 aliphatic carbocycles. The normalized spacial score (nSPS) is 15.3. The molecule has 2 heterocycles. The molecule has 126 valence electrons. The molecule has 0 radical (unpaired) electrons. The van der Waals surface area contributed by atoms with Crippen molar-refractivity contribution in [1.29, 1.82) is 0 Å². The van der Waals surface area contributed by atoms with Crippen molar-refractivity contribution in [2.75, 3.05) is 18.4 Å². The molecule has 2 amide bonds. The molecule has 1 N–H and O–H groups in total. The number of nitrogens with one attached hydrogen (secondary N) is 1. The number of anilines is 1. The molecule has 0 bridgehead atoms. The summed E-state index contributed by atoms with van der Waals surface area (Å²) >= 11 is 1.33. The summed E-state index contributed by atoms with van der Waals surface area (Å²) in [5.74, 6) is -0.884. The number of carbonyl (C=O) groups excluding carboxylic acids is 2. The molecule has 1 fully saturated rings. The Hall–Kier alpha value is -2.35. The number of piperidine rings is 1. The number of aromatic nitrogens is 2. The largest absolute Gasteiger partial charge is 0.339 e. The number of likely N-dealkylation sites (tertiary alicyclic amines) is 1. The van der Waals surface area contributed by atoms with Crippen LogP contribution in [0.2, 0.25) is 0 Å². The summed E-state index contributed by atoms with van der Waals surface area (Å²) in [6, 6.07) is 5.66. The number of amides is 2. The molecule has 2 aromatic rings. The fourth-order valence-corrected chi connectivity index (χ4v) is 3.30. The van der Waals surface area contributed by atoms with Gasteiger partial charge in [-0.1, -0.05) is 17.4 Å². The third-order valence-corrected chi connectivity index (χ3v) is 4.73. The minimum atomic E-state index is -0.428. The quantitative estimate of drug-likeness (QED) is 0.925. The third kappa shape index (κ3) is 3.76. The van der Waals surface area contributed by atoms with E-state index in [1.54, 1.807) is 11.0 Å². The minimum Gasteiger partial charge on any atom is -0.339 e. The van der Waals surface area contributed by atoms with E-state index in [2.05, 4.69) is 15.5 Å². The number of aryl methyl sites for hydroxylation is 1. The van der Waals surface area contributed by atoms with E-state index in [1.807, 2.05) is 6.92 Å². The zero-order valence-electron chi connectivity index (χ0n) is 13.2. The van der Waals surface area contributed by atoms with Crippen LogP contribution < -0.4 is 5.32 Å². The van der Waals surface area contributed by atoms with Crippen molar-refractivity contribution in [1.82, 2.24) is 15.1 Å². The number of hydrogen-bond acceptors (Lipinski definition) is 5.